The predicted molar refractivity (Wildman–Crippen MR) is 51.5 cm³/mol. The number of cyclic esters (lactones) is 1. The van der Waals surface area contributed by atoms with Crippen molar-refractivity contribution < 1.29 is 9.53 Å². The normalized spacial score (nSPS) is 30.1. The number of esters is 1. The van der Waals surface area contributed by atoms with Gasteiger partial charge in [0.2, 0.25) is 0 Å². The van der Waals surface area contributed by atoms with E-state index in [0.29, 0.717) is 12.6 Å². The molecule has 1 saturated heterocycles. The molecule has 3 rings (SSSR count). The third-order valence-electron chi connectivity index (χ3n) is 3.25. The SMILES string of the molecule is O=C1OCC2=C1C=C[C@H]1CCCCN21. The molecule has 14 heavy (non-hydrogen) atoms. The summed E-state index contributed by atoms with van der Waals surface area (Å²) in [5.74, 6) is -0.153. The van der Waals surface area contributed by atoms with E-state index in [4.69, 9.17) is 4.74 Å². The zero-order chi connectivity index (χ0) is 9.54. The Bertz CT molecular complexity index is 343. The highest BCUT2D eigenvalue weighted by atomic mass is 16.5. The summed E-state index contributed by atoms with van der Waals surface area (Å²) in [6.45, 7) is 1.56. The molecule has 3 heteroatoms. The van der Waals surface area contributed by atoms with E-state index >= 15 is 0 Å². The van der Waals surface area contributed by atoms with Gasteiger partial charge in [-0.1, -0.05) is 6.08 Å². The Labute approximate surface area is 83.0 Å². The van der Waals surface area contributed by atoms with Gasteiger partial charge in [-0.25, -0.2) is 4.79 Å². The van der Waals surface area contributed by atoms with E-state index in [0.717, 1.165) is 17.8 Å². The second-order valence-corrected chi connectivity index (χ2v) is 4.05. The summed E-state index contributed by atoms with van der Waals surface area (Å²) in [5.41, 5.74) is 1.89. The first-order valence-corrected chi connectivity index (χ1v) is 5.21. The van der Waals surface area contributed by atoms with Gasteiger partial charge in [0.05, 0.1) is 11.3 Å². The first kappa shape index (κ1) is 8.09. The maximum atomic E-state index is 11.3. The molecule has 0 aliphatic carbocycles. The third-order valence-corrected chi connectivity index (χ3v) is 3.25. The smallest absolute Gasteiger partial charge is 0.340 e. The Morgan fingerprint density at radius 3 is 3.29 bits per heavy atom. The van der Waals surface area contributed by atoms with Crippen LogP contribution in [0, 0.1) is 0 Å². The average Bonchev–Trinajstić information content (AvgIpc) is 2.61. The largest absolute Gasteiger partial charge is 0.456 e. The predicted octanol–water partition coefficient (Wildman–Crippen LogP) is 1.22. The van der Waals surface area contributed by atoms with Crippen molar-refractivity contribution in [3.8, 4) is 0 Å². The van der Waals surface area contributed by atoms with E-state index in [1.165, 1.54) is 19.3 Å². The lowest BCUT2D eigenvalue weighted by Crippen LogP contribution is -2.39. The van der Waals surface area contributed by atoms with Crippen molar-refractivity contribution in [2.24, 2.45) is 0 Å². The van der Waals surface area contributed by atoms with Crippen molar-refractivity contribution in [3.63, 3.8) is 0 Å². The Morgan fingerprint density at radius 1 is 1.43 bits per heavy atom. The van der Waals surface area contributed by atoms with Crippen LogP contribution in [0.2, 0.25) is 0 Å². The van der Waals surface area contributed by atoms with E-state index in [1.54, 1.807) is 0 Å². The van der Waals surface area contributed by atoms with Crippen LogP contribution in [0.25, 0.3) is 0 Å². The van der Waals surface area contributed by atoms with Crippen LogP contribution in [0.5, 0.6) is 0 Å². The lowest BCUT2D eigenvalue weighted by molar-refractivity contribution is -0.135. The van der Waals surface area contributed by atoms with Gasteiger partial charge in [-0.2, -0.15) is 0 Å². The molecule has 0 amide bonds. The van der Waals surface area contributed by atoms with Gasteiger partial charge in [-0.15, -0.1) is 0 Å². The number of hydrogen-bond donors (Lipinski definition) is 0. The summed E-state index contributed by atoms with van der Waals surface area (Å²) < 4.78 is 5.04. The van der Waals surface area contributed by atoms with E-state index in [2.05, 4.69) is 11.0 Å². The maximum Gasteiger partial charge on any atom is 0.340 e. The summed E-state index contributed by atoms with van der Waals surface area (Å²) >= 11 is 0. The van der Waals surface area contributed by atoms with E-state index in [-0.39, 0.29) is 5.97 Å². The number of nitrogens with zero attached hydrogens (tertiary/aromatic N) is 1. The number of carbonyl (C=O) groups is 1. The fraction of sp³-hybridized carbons (Fsp3) is 0.545. The van der Waals surface area contributed by atoms with Gasteiger partial charge in [-0.05, 0) is 25.3 Å². The molecule has 0 radical (unpaired) electrons. The summed E-state index contributed by atoms with van der Waals surface area (Å²) in [6, 6.07) is 0.511. The Morgan fingerprint density at radius 2 is 2.36 bits per heavy atom. The molecule has 0 spiro atoms. The highest BCUT2D eigenvalue weighted by Crippen LogP contribution is 2.32. The molecule has 0 aromatic rings. The summed E-state index contributed by atoms with van der Waals surface area (Å²) in [5, 5.41) is 0. The summed E-state index contributed by atoms with van der Waals surface area (Å²) in [6.07, 6.45) is 7.82. The van der Waals surface area contributed by atoms with Gasteiger partial charge < -0.3 is 9.64 Å². The molecule has 0 bridgehead atoms. The first-order valence-electron chi connectivity index (χ1n) is 5.21. The van der Waals surface area contributed by atoms with Crippen LogP contribution < -0.4 is 0 Å². The molecule has 3 aliphatic heterocycles. The highest BCUT2D eigenvalue weighted by molar-refractivity contribution is 5.95. The van der Waals surface area contributed by atoms with Crippen molar-refractivity contribution in [2.45, 2.75) is 25.3 Å². The summed E-state index contributed by atoms with van der Waals surface area (Å²) in [4.78, 5) is 13.7. The van der Waals surface area contributed by atoms with Crippen LogP contribution in [-0.2, 0) is 9.53 Å². The van der Waals surface area contributed by atoms with Crippen LogP contribution in [-0.4, -0.2) is 30.1 Å². The number of ether oxygens (including phenoxy) is 1. The molecule has 74 valence electrons. The molecule has 0 unspecified atom stereocenters. The van der Waals surface area contributed by atoms with Crippen molar-refractivity contribution in [1.29, 1.82) is 0 Å². The lowest BCUT2D eigenvalue weighted by Gasteiger charge is -2.38. The molecule has 1 fully saturated rings. The quantitative estimate of drug-likeness (QED) is 0.539. The molecular weight excluding hydrogens is 178 g/mol. The minimum Gasteiger partial charge on any atom is -0.456 e. The van der Waals surface area contributed by atoms with Gasteiger partial charge in [0.1, 0.15) is 6.61 Å². The lowest BCUT2D eigenvalue weighted by atomic mass is 9.96. The zero-order valence-electron chi connectivity index (χ0n) is 8.03. The second kappa shape index (κ2) is 2.87. The van der Waals surface area contributed by atoms with Crippen molar-refractivity contribution in [1.82, 2.24) is 4.90 Å². The third kappa shape index (κ3) is 1.01. The Hall–Kier alpha value is -1.25. The van der Waals surface area contributed by atoms with Crippen LogP contribution in [0.4, 0.5) is 0 Å². The molecule has 0 N–H and O–H groups in total. The number of carbonyl (C=O) groups excluding carboxylic acids is 1. The van der Waals surface area contributed by atoms with Crippen molar-refractivity contribution in [2.75, 3.05) is 13.2 Å². The van der Waals surface area contributed by atoms with Crippen molar-refractivity contribution >= 4 is 5.97 Å². The number of hydrogen-bond acceptors (Lipinski definition) is 3. The van der Waals surface area contributed by atoms with Crippen LogP contribution in [0.3, 0.4) is 0 Å². The Kier molecular flexibility index (Phi) is 1.66. The second-order valence-electron chi connectivity index (χ2n) is 4.05. The maximum absolute atomic E-state index is 11.3. The number of piperidine rings is 1. The van der Waals surface area contributed by atoms with E-state index in [9.17, 15) is 4.79 Å². The van der Waals surface area contributed by atoms with Crippen LogP contribution in [0.1, 0.15) is 19.3 Å². The molecule has 3 heterocycles. The number of fused-ring (bicyclic) bond motifs is 2. The molecule has 0 saturated carbocycles. The van der Waals surface area contributed by atoms with Gasteiger partial charge in [-0.3, -0.25) is 0 Å². The Balaban J connectivity index is 1.97. The minimum atomic E-state index is -0.153. The number of rotatable bonds is 0. The minimum absolute atomic E-state index is 0.153. The monoisotopic (exact) mass is 191 g/mol. The molecule has 0 aromatic carbocycles. The summed E-state index contributed by atoms with van der Waals surface area (Å²) in [7, 11) is 0. The van der Waals surface area contributed by atoms with Gasteiger partial charge in [0.15, 0.2) is 0 Å². The molecule has 3 nitrogen and oxygen atoms in total. The molecule has 0 aromatic heterocycles. The molecule has 1 atom stereocenters. The average molecular weight is 191 g/mol. The first-order chi connectivity index (χ1) is 6.86. The van der Waals surface area contributed by atoms with Crippen LogP contribution >= 0.6 is 0 Å². The van der Waals surface area contributed by atoms with Gasteiger partial charge in [0.25, 0.3) is 0 Å². The van der Waals surface area contributed by atoms with Crippen LogP contribution in [0.15, 0.2) is 23.4 Å². The fourth-order valence-electron chi connectivity index (χ4n) is 2.51. The van der Waals surface area contributed by atoms with Gasteiger partial charge >= 0.3 is 5.97 Å². The zero-order valence-corrected chi connectivity index (χ0v) is 8.03. The fourth-order valence-corrected chi connectivity index (χ4v) is 2.51. The highest BCUT2D eigenvalue weighted by Gasteiger charge is 2.34. The van der Waals surface area contributed by atoms with E-state index in [1.807, 2.05) is 6.08 Å². The van der Waals surface area contributed by atoms with Gasteiger partial charge in [0, 0.05) is 12.6 Å². The van der Waals surface area contributed by atoms with Crippen molar-refractivity contribution in [3.05, 3.63) is 23.4 Å². The van der Waals surface area contributed by atoms with E-state index < -0.39 is 0 Å². The molecular formula is C11H13NO2. The standard InChI is InChI=1S/C11H13NO2/c13-11-9-5-4-8-3-1-2-6-12(8)10(9)7-14-11/h4-5,8H,1-3,6-7H2/t8-/m1/s1. The molecule has 3 aliphatic rings. The topological polar surface area (TPSA) is 29.5 Å².